The van der Waals surface area contributed by atoms with Crippen molar-refractivity contribution in [3.63, 3.8) is 0 Å². The van der Waals surface area contributed by atoms with Gasteiger partial charge >= 0.3 is 0 Å². The molecule has 4 aliphatic rings. The Morgan fingerprint density at radius 2 is 1.73 bits per heavy atom. The lowest BCUT2D eigenvalue weighted by molar-refractivity contribution is -0.124. The summed E-state index contributed by atoms with van der Waals surface area (Å²) in [6, 6.07) is 0. The predicted octanol–water partition coefficient (Wildman–Crippen LogP) is 5.71. The van der Waals surface area contributed by atoms with Crippen molar-refractivity contribution in [1.29, 1.82) is 0 Å². The minimum Gasteiger partial charge on any atom is -0.300 e. The molecular formula is C20H29IO. The monoisotopic (exact) mass is 412 g/mol. The average molecular weight is 412 g/mol. The third-order valence-electron chi connectivity index (χ3n) is 7.99. The van der Waals surface area contributed by atoms with E-state index in [4.69, 9.17) is 0 Å². The molecule has 6 atom stereocenters. The van der Waals surface area contributed by atoms with E-state index >= 15 is 0 Å². The highest BCUT2D eigenvalue weighted by Gasteiger charge is 2.58. The summed E-state index contributed by atoms with van der Waals surface area (Å²) in [5, 5.41) is 0. The van der Waals surface area contributed by atoms with Crippen LogP contribution in [0.15, 0.2) is 11.6 Å². The topological polar surface area (TPSA) is 17.1 Å². The van der Waals surface area contributed by atoms with E-state index in [2.05, 4.69) is 42.5 Å². The zero-order valence-corrected chi connectivity index (χ0v) is 16.2. The lowest BCUT2D eigenvalue weighted by Gasteiger charge is -2.57. The first-order valence-corrected chi connectivity index (χ1v) is 10.4. The summed E-state index contributed by atoms with van der Waals surface area (Å²) in [6.07, 6.45) is 13.6. The third kappa shape index (κ3) is 2.11. The van der Waals surface area contributed by atoms with Crippen molar-refractivity contribution in [2.24, 2.45) is 29.1 Å². The van der Waals surface area contributed by atoms with E-state index in [1.165, 1.54) is 44.9 Å². The number of hydrogen-bond donors (Lipinski definition) is 0. The van der Waals surface area contributed by atoms with Crippen LogP contribution >= 0.6 is 22.6 Å². The maximum atomic E-state index is 12.0. The van der Waals surface area contributed by atoms with Gasteiger partial charge in [-0.2, -0.15) is 0 Å². The molecule has 4 unspecified atom stereocenters. The maximum absolute atomic E-state index is 12.0. The van der Waals surface area contributed by atoms with E-state index in [0.717, 1.165) is 36.5 Å². The molecule has 1 nitrogen and oxygen atoms in total. The molecule has 0 aliphatic heterocycles. The van der Waals surface area contributed by atoms with Gasteiger partial charge in [0.25, 0.3) is 0 Å². The molecular weight excluding hydrogens is 383 g/mol. The SMILES string of the molecule is CC=C1CCC2C3CCC4(I)CC(=O)CC[C@@H]4C3CC[C@]12C. The van der Waals surface area contributed by atoms with Crippen molar-refractivity contribution >= 4 is 28.4 Å². The van der Waals surface area contributed by atoms with Gasteiger partial charge in [-0.25, -0.2) is 0 Å². The van der Waals surface area contributed by atoms with Gasteiger partial charge in [-0.3, -0.25) is 4.79 Å². The number of ketones is 1. The van der Waals surface area contributed by atoms with Gasteiger partial charge in [0.2, 0.25) is 0 Å². The van der Waals surface area contributed by atoms with E-state index in [1.54, 1.807) is 5.57 Å². The number of alkyl halides is 1. The van der Waals surface area contributed by atoms with Gasteiger partial charge in [-0.15, -0.1) is 0 Å². The molecule has 0 saturated heterocycles. The fourth-order valence-electron chi connectivity index (χ4n) is 6.95. The zero-order valence-electron chi connectivity index (χ0n) is 14.0. The summed E-state index contributed by atoms with van der Waals surface area (Å²) < 4.78 is 0.310. The molecule has 4 rings (SSSR count). The van der Waals surface area contributed by atoms with Crippen LogP contribution in [-0.2, 0) is 4.79 Å². The lowest BCUT2D eigenvalue weighted by atomic mass is 9.50. The Morgan fingerprint density at radius 3 is 2.50 bits per heavy atom. The van der Waals surface area contributed by atoms with Crippen molar-refractivity contribution < 1.29 is 4.79 Å². The second kappa shape index (κ2) is 5.32. The van der Waals surface area contributed by atoms with Crippen LogP contribution < -0.4 is 0 Å². The maximum Gasteiger partial charge on any atom is 0.134 e. The van der Waals surface area contributed by atoms with Gasteiger partial charge < -0.3 is 0 Å². The van der Waals surface area contributed by atoms with E-state index in [0.29, 0.717) is 14.6 Å². The summed E-state index contributed by atoms with van der Waals surface area (Å²) in [5.74, 6) is 4.13. The first-order chi connectivity index (χ1) is 10.5. The largest absolute Gasteiger partial charge is 0.300 e. The van der Waals surface area contributed by atoms with Crippen molar-refractivity contribution in [1.82, 2.24) is 0 Å². The number of hydrogen-bond acceptors (Lipinski definition) is 1. The normalized spacial score (nSPS) is 53.0. The zero-order chi connectivity index (χ0) is 15.5. The number of Topliss-reactive ketones (excluding diaryl/α,β-unsaturated/α-hetero) is 1. The van der Waals surface area contributed by atoms with Crippen molar-refractivity contribution in [3.8, 4) is 0 Å². The Bertz CT molecular complexity index is 524. The predicted molar refractivity (Wildman–Crippen MR) is 99.1 cm³/mol. The highest BCUT2D eigenvalue weighted by Crippen LogP contribution is 2.65. The molecule has 4 saturated carbocycles. The number of rotatable bonds is 0. The summed E-state index contributed by atoms with van der Waals surface area (Å²) in [5.41, 5.74) is 2.26. The van der Waals surface area contributed by atoms with Gasteiger partial charge in [0, 0.05) is 16.3 Å². The second-order valence-corrected chi connectivity index (χ2v) is 10.8. The smallest absolute Gasteiger partial charge is 0.134 e. The molecule has 0 bridgehead atoms. The molecule has 0 radical (unpaired) electrons. The van der Waals surface area contributed by atoms with Crippen LogP contribution in [0.25, 0.3) is 0 Å². The van der Waals surface area contributed by atoms with Crippen LogP contribution in [0.3, 0.4) is 0 Å². The minimum atomic E-state index is 0.310. The first-order valence-electron chi connectivity index (χ1n) is 9.34. The van der Waals surface area contributed by atoms with Gasteiger partial charge in [-0.1, -0.05) is 41.2 Å². The molecule has 0 heterocycles. The van der Waals surface area contributed by atoms with Crippen LogP contribution in [0, 0.1) is 29.1 Å². The fraction of sp³-hybridized carbons (Fsp3) is 0.850. The number of allylic oxidation sites excluding steroid dienone is 2. The number of halogens is 1. The van der Waals surface area contributed by atoms with Crippen molar-refractivity contribution in [3.05, 3.63) is 11.6 Å². The van der Waals surface area contributed by atoms with E-state index < -0.39 is 0 Å². The Hall–Kier alpha value is 0.140. The molecule has 0 spiro atoms. The molecule has 0 aromatic carbocycles. The average Bonchev–Trinajstić information content (AvgIpc) is 2.82. The van der Waals surface area contributed by atoms with Gasteiger partial charge in [-0.05, 0) is 81.0 Å². The summed E-state index contributed by atoms with van der Waals surface area (Å²) in [6.45, 7) is 4.81. The van der Waals surface area contributed by atoms with Gasteiger partial charge in [0.05, 0.1) is 0 Å². The van der Waals surface area contributed by atoms with E-state index in [1.807, 2.05) is 0 Å². The summed E-state index contributed by atoms with van der Waals surface area (Å²) in [7, 11) is 0. The molecule has 0 N–H and O–H groups in total. The lowest BCUT2D eigenvalue weighted by Crippen LogP contribution is -2.53. The molecule has 2 heteroatoms. The quantitative estimate of drug-likeness (QED) is 0.283. The molecule has 4 aliphatic carbocycles. The molecule has 0 amide bonds. The highest BCUT2D eigenvalue weighted by molar-refractivity contribution is 14.1. The second-order valence-electron chi connectivity index (χ2n) is 8.68. The molecule has 0 aromatic heterocycles. The Balaban J connectivity index is 1.63. The van der Waals surface area contributed by atoms with Gasteiger partial charge in [0.15, 0.2) is 0 Å². The third-order valence-corrected chi connectivity index (χ3v) is 9.71. The minimum absolute atomic E-state index is 0.310. The van der Waals surface area contributed by atoms with Crippen LogP contribution in [0.5, 0.6) is 0 Å². The number of carbonyl (C=O) groups excluding carboxylic acids is 1. The van der Waals surface area contributed by atoms with E-state index in [-0.39, 0.29) is 0 Å². The number of fused-ring (bicyclic) bond motifs is 5. The van der Waals surface area contributed by atoms with Crippen LogP contribution in [-0.4, -0.2) is 9.20 Å². The van der Waals surface area contributed by atoms with Crippen LogP contribution in [0.2, 0.25) is 0 Å². The van der Waals surface area contributed by atoms with Crippen molar-refractivity contribution in [2.45, 2.75) is 75.1 Å². The van der Waals surface area contributed by atoms with Crippen LogP contribution in [0.1, 0.15) is 71.6 Å². The summed E-state index contributed by atoms with van der Waals surface area (Å²) >= 11 is 2.69. The molecule has 122 valence electrons. The Labute approximate surface area is 148 Å². The van der Waals surface area contributed by atoms with E-state index in [9.17, 15) is 4.79 Å². The molecule has 4 fully saturated rings. The Morgan fingerprint density at radius 1 is 1.05 bits per heavy atom. The standard InChI is InChI=1S/C20H29IO/c1-3-13-4-6-17-15-9-11-20(21)12-14(22)5-7-18(20)16(15)8-10-19(13,17)2/h3,15-18H,4-12H2,1-2H3/t15?,16?,17?,18-,19-,20?/m1/s1. The van der Waals surface area contributed by atoms with Crippen molar-refractivity contribution in [2.75, 3.05) is 0 Å². The summed E-state index contributed by atoms with van der Waals surface area (Å²) in [4.78, 5) is 12.0. The van der Waals surface area contributed by atoms with Crippen LogP contribution in [0.4, 0.5) is 0 Å². The first kappa shape index (κ1) is 15.7. The Kier molecular flexibility index (Phi) is 3.79. The highest BCUT2D eigenvalue weighted by atomic mass is 127. The molecule has 22 heavy (non-hydrogen) atoms. The fourth-order valence-corrected chi connectivity index (χ4v) is 8.46. The molecule has 0 aromatic rings. The number of carbonyl (C=O) groups is 1. The van der Waals surface area contributed by atoms with Gasteiger partial charge in [0.1, 0.15) is 5.78 Å².